The molecular formula is C15H24N4O5S. The number of amides is 4. The van der Waals surface area contributed by atoms with Crippen molar-refractivity contribution >= 4 is 35.6 Å². The summed E-state index contributed by atoms with van der Waals surface area (Å²) in [6.07, 6.45) is 2.50. The number of primary amides is 1. The summed E-state index contributed by atoms with van der Waals surface area (Å²) >= 11 is 1.82. The molecule has 0 saturated carbocycles. The van der Waals surface area contributed by atoms with Gasteiger partial charge < -0.3 is 26.8 Å². The van der Waals surface area contributed by atoms with E-state index in [0.717, 1.165) is 18.6 Å². The molecule has 25 heavy (non-hydrogen) atoms. The Morgan fingerprint density at radius 1 is 1.28 bits per heavy atom. The highest BCUT2D eigenvalue weighted by atomic mass is 32.2. The van der Waals surface area contributed by atoms with E-state index in [1.54, 1.807) is 0 Å². The minimum atomic E-state index is -1.17. The van der Waals surface area contributed by atoms with Crippen LogP contribution < -0.4 is 21.7 Å². The van der Waals surface area contributed by atoms with Crippen LogP contribution in [-0.4, -0.2) is 58.0 Å². The molecule has 4 amide bonds. The van der Waals surface area contributed by atoms with Gasteiger partial charge in [0.15, 0.2) is 0 Å². The smallest absolute Gasteiger partial charge is 0.326 e. The third kappa shape index (κ3) is 5.80. The lowest BCUT2D eigenvalue weighted by Crippen LogP contribution is -2.41. The molecule has 6 N–H and O–H groups in total. The second kappa shape index (κ2) is 8.93. The van der Waals surface area contributed by atoms with Crippen LogP contribution in [0.25, 0.3) is 0 Å². The van der Waals surface area contributed by atoms with Crippen molar-refractivity contribution in [3.05, 3.63) is 0 Å². The summed E-state index contributed by atoms with van der Waals surface area (Å²) < 4.78 is 0. The van der Waals surface area contributed by atoms with Gasteiger partial charge in [0.25, 0.3) is 0 Å². The van der Waals surface area contributed by atoms with E-state index in [4.69, 9.17) is 10.8 Å². The number of hydrogen-bond acceptors (Lipinski definition) is 5. The second-order valence-corrected chi connectivity index (χ2v) is 7.60. The molecule has 4 atom stereocenters. The predicted molar refractivity (Wildman–Crippen MR) is 92.0 cm³/mol. The summed E-state index contributed by atoms with van der Waals surface area (Å²) in [5.74, 6) is -1.21. The third-order valence-corrected chi connectivity index (χ3v) is 5.90. The maximum atomic E-state index is 11.9. The number of nitrogens with two attached hydrogens (primary N) is 1. The number of fused-ring (bicyclic) bond motifs is 1. The molecule has 2 aliphatic heterocycles. The lowest BCUT2D eigenvalue weighted by Gasteiger charge is -2.17. The van der Waals surface area contributed by atoms with Gasteiger partial charge in [-0.1, -0.05) is 6.42 Å². The minimum Gasteiger partial charge on any atom is -0.480 e. The summed E-state index contributed by atoms with van der Waals surface area (Å²) in [4.78, 5) is 45.0. The number of carboxylic acids is 1. The number of carboxylic acid groups (broad SMARTS) is 1. The van der Waals surface area contributed by atoms with Crippen molar-refractivity contribution in [2.24, 2.45) is 5.73 Å². The Kier molecular flexibility index (Phi) is 6.91. The molecule has 0 radical (unpaired) electrons. The van der Waals surface area contributed by atoms with E-state index < -0.39 is 17.9 Å². The van der Waals surface area contributed by atoms with Gasteiger partial charge in [0.1, 0.15) is 6.04 Å². The molecule has 9 nitrogen and oxygen atoms in total. The summed E-state index contributed by atoms with van der Waals surface area (Å²) in [7, 11) is 0. The maximum Gasteiger partial charge on any atom is 0.326 e. The zero-order valence-corrected chi connectivity index (χ0v) is 14.6. The van der Waals surface area contributed by atoms with Crippen LogP contribution in [0.4, 0.5) is 4.79 Å². The van der Waals surface area contributed by atoms with Crippen molar-refractivity contribution in [3.8, 4) is 0 Å². The molecule has 2 saturated heterocycles. The van der Waals surface area contributed by atoms with Gasteiger partial charge in [-0.05, 0) is 19.3 Å². The number of aliphatic carboxylic acids is 1. The van der Waals surface area contributed by atoms with Crippen LogP contribution in [0.5, 0.6) is 0 Å². The number of urea groups is 1. The van der Waals surface area contributed by atoms with Gasteiger partial charge in [-0.3, -0.25) is 9.59 Å². The van der Waals surface area contributed by atoms with Crippen LogP contribution in [0, 0.1) is 0 Å². The normalized spacial score (nSPS) is 25.6. The fourth-order valence-electron chi connectivity index (χ4n) is 3.08. The van der Waals surface area contributed by atoms with Gasteiger partial charge in [0.2, 0.25) is 11.8 Å². The number of carbonyl (C=O) groups is 4. The number of carbonyl (C=O) groups excluding carboxylic acids is 3. The van der Waals surface area contributed by atoms with E-state index in [0.29, 0.717) is 11.7 Å². The van der Waals surface area contributed by atoms with Gasteiger partial charge in [-0.2, -0.15) is 11.8 Å². The molecular weight excluding hydrogens is 348 g/mol. The number of nitrogens with one attached hydrogen (secondary N) is 3. The quantitative estimate of drug-likeness (QED) is 0.259. The zero-order chi connectivity index (χ0) is 18.4. The molecule has 10 heteroatoms. The van der Waals surface area contributed by atoms with Crippen LogP contribution >= 0.6 is 11.8 Å². The van der Waals surface area contributed by atoms with Crippen LogP contribution in [0.3, 0.4) is 0 Å². The topological polar surface area (TPSA) is 151 Å². The summed E-state index contributed by atoms with van der Waals surface area (Å²) in [5.41, 5.74) is 5.00. The molecule has 2 aliphatic rings. The lowest BCUT2D eigenvalue weighted by atomic mass is 10.0. The van der Waals surface area contributed by atoms with Gasteiger partial charge >= 0.3 is 12.0 Å². The predicted octanol–water partition coefficient (Wildman–Crippen LogP) is -0.453. The molecule has 0 unspecified atom stereocenters. The van der Waals surface area contributed by atoms with Crippen LogP contribution in [0.1, 0.15) is 38.5 Å². The monoisotopic (exact) mass is 372 g/mol. The lowest BCUT2D eigenvalue weighted by molar-refractivity contribution is -0.142. The molecule has 0 spiro atoms. The Labute approximate surface area is 149 Å². The van der Waals surface area contributed by atoms with E-state index in [1.807, 2.05) is 11.8 Å². The molecule has 2 rings (SSSR count). The Hall–Kier alpha value is -1.97. The fraction of sp³-hybridized carbons (Fsp3) is 0.733. The highest BCUT2D eigenvalue weighted by Crippen LogP contribution is 2.33. The number of unbranched alkanes of at least 4 members (excludes halogenated alkanes) is 1. The van der Waals surface area contributed by atoms with Crippen LogP contribution in [0.2, 0.25) is 0 Å². The SMILES string of the molecule is NC(=O)CC[C@H](NC(=O)CCCC[C@@H]1SC[C@@H]2NC(=O)N[C@@H]21)C(=O)O. The van der Waals surface area contributed by atoms with E-state index in [-0.39, 0.29) is 43.3 Å². The van der Waals surface area contributed by atoms with Crippen LogP contribution in [-0.2, 0) is 14.4 Å². The first-order chi connectivity index (χ1) is 11.9. The van der Waals surface area contributed by atoms with E-state index in [9.17, 15) is 19.2 Å². The van der Waals surface area contributed by atoms with E-state index in [2.05, 4.69) is 16.0 Å². The number of hydrogen-bond donors (Lipinski definition) is 5. The zero-order valence-electron chi connectivity index (χ0n) is 13.8. The summed E-state index contributed by atoms with van der Waals surface area (Å²) in [6, 6.07) is -0.870. The maximum absolute atomic E-state index is 11.9. The Balaban J connectivity index is 1.63. The van der Waals surface area contributed by atoms with Crippen molar-refractivity contribution in [3.63, 3.8) is 0 Å². The van der Waals surface area contributed by atoms with Crippen molar-refractivity contribution in [1.82, 2.24) is 16.0 Å². The highest BCUT2D eigenvalue weighted by molar-refractivity contribution is 8.00. The Morgan fingerprint density at radius 2 is 2.04 bits per heavy atom. The molecule has 2 fully saturated rings. The van der Waals surface area contributed by atoms with Crippen molar-refractivity contribution < 1.29 is 24.3 Å². The molecule has 0 aromatic heterocycles. The van der Waals surface area contributed by atoms with E-state index >= 15 is 0 Å². The molecule has 0 aromatic carbocycles. The molecule has 0 aliphatic carbocycles. The van der Waals surface area contributed by atoms with Gasteiger partial charge in [0.05, 0.1) is 12.1 Å². The molecule has 0 bridgehead atoms. The van der Waals surface area contributed by atoms with Gasteiger partial charge in [-0.25, -0.2) is 9.59 Å². The minimum absolute atomic E-state index is 0.00904. The largest absolute Gasteiger partial charge is 0.480 e. The van der Waals surface area contributed by atoms with E-state index in [1.165, 1.54) is 0 Å². The second-order valence-electron chi connectivity index (χ2n) is 6.33. The standard InChI is InChI=1S/C15H24N4O5S/c16-11(20)6-5-8(14(22)23)17-12(21)4-2-1-3-10-13-9(7-25-10)18-15(24)19-13/h8-10,13H,1-7H2,(H2,16,20)(H,17,21)(H,22,23)(H2,18,19,24)/t8-,9-,10-,13-/m0/s1. The Morgan fingerprint density at radius 3 is 2.72 bits per heavy atom. The number of thioether (sulfide) groups is 1. The average molecular weight is 372 g/mol. The van der Waals surface area contributed by atoms with Gasteiger partial charge in [-0.15, -0.1) is 0 Å². The van der Waals surface area contributed by atoms with Crippen molar-refractivity contribution in [1.29, 1.82) is 0 Å². The summed E-state index contributed by atoms with van der Waals surface area (Å²) in [6.45, 7) is 0. The first-order valence-corrected chi connectivity index (χ1v) is 9.41. The van der Waals surface area contributed by atoms with Crippen LogP contribution in [0.15, 0.2) is 0 Å². The highest BCUT2D eigenvalue weighted by Gasteiger charge is 2.42. The summed E-state index contributed by atoms with van der Waals surface area (Å²) in [5, 5.41) is 17.6. The van der Waals surface area contributed by atoms with Crippen molar-refractivity contribution in [2.75, 3.05) is 5.75 Å². The third-order valence-electron chi connectivity index (χ3n) is 4.39. The first-order valence-electron chi connectivity index (χ1n) is 8.36. The number of rotatable bonds is 10. The first kappa shape index (κ1) is 19.4. The van der Waals surface area contributed by atoms with Crippen molar-refractivity contribution in [2.45, 2.75) is 61.9 Å². The molecule has 0 aromatic rings. The molecule has 2 heterocycles. The molecule has 140 valence electrons. The van der Waals surface area contributed by atoms with Gasteiger partial charge in [0, 0.05) is 23.8 Å². The fourth-order valence-corrected chi connectivity index (χ4v) is 4.63. The average Bonchev–Trinajstić information content (AvgIpc) is 3.07. The Bertz CT molecular complexity index is 544.